The molecule has 0 aliphatic carbocycles. The minimum Gasteiger partial charge on any atom is -0.506 e. The predicted molar refractivity (Wildman–Crippen MR) is 584 cm³/mol. The summed E-state index contributed by atoms with van der Waals surface area (Å²) in [5.74, 6) is 0.296. The van der Waals surface area contributed by atoms with E-state index in [1.54, 1.807) is 77.9 Å². The average Bonchev–Trinajstić information content (AvgIpc) is 1.55. The summed E-state index contributed by atoms with van der Waals surface area (Å²) in [6, 6.07) is 66.2. The van der Waals surface area contributed by atoms with Gasteiger partial charge in [0.2, 0.25) is 0 Å². The Kier molecular flexibility index (Phi) is 24.0. The van der Waals surface area contributed by atoms with E-state index in [1.807, 2.05) is 269 Å². The molecule has 12 aromatic carbocycles. The second-order valence-electron chi connectivity index (χ2n) is 41.3. The minimum absolute atomic E-state index is 0.00494. The molecule has 0 aliphatic heterocycles. The van der Waals surface area contributed by atoms with Gasteiger partial charge in [-0.05, 0) is 294 Å². The van der Waals surface area contributed by atoms with Crippen LogP contribution >= 0.6 is 0 Å². The predicted octanol–water partition coefficient (Wildman–Crippen LogP) is 21.2. The van der Waals surface area contributed by atoms with Gasteiger partial charge in [0, 0.05) is 73.1 Å². The molecule has 6 amide bonds. The van der Waals surface area contributed by atoms with E-state index >= 15 is 0 Å². The van der Waals surface area contributed by atoms with Crippen LogP contribution in [0.2, 0.25) is 0 Å². The Labute approximate surface area is 853 Å². The number of para-hydroxylation sites is 2. The van der Waals surface area contributed by atoms with Crippen molar-refractivity contribution in [3.05, 3.63) is 324 Å². The highest BCUT2D eigenvalue weighted by Crippen LogP contribution is 2.45. The van der Waals surface area contributed by atoms with Crippen LogP contribution in [0.4, 0.5) is 34.1 Å². The monoisotopic (exact) mass is 2000 g/mol. The number of nitrogens with one attached hydrogen (secondary N) is 6. The largest absolute Gasteiger partial charge is 0.506 e. The molecule has 0 fully saturated rings. The maximum absolute atomic E-state index is 11.9. The summed E-state index contributed by atoms with van der Waals surface area (Å²) in [5.41, 5.74) is 31.0. The number of hydrogen-bond acceptors (Lipinski definition) is 12. The lowest BCUT2D eigenvalue weighted by molar-refractivity contribution is -0.113. The van der Waals surface area contributed by atoms with Gasteiger partial charge in [-0.2, -0.15) is 0 Å². The molecule has 24 aromatic rings. The summed E-state index contributed by atoms with van der Waals surface area (Å²) < 4.78 is 23.5. The van der Waals surface area contributed by atoms with Crippen LogP contribution in [-0.4, -0.2) is 150 Å². The van der Waals surface area contributed by atoms with Crippen LogP contribution in [0, 0.1) is 20.8 Å². The van der Waals surface area contributed by atoms with Crippen molar-refractivity contribution in [2.45, 2.75) is 154 Å². The second-order valence-corrected chi connectivity index (χ2v) is 41.3. The zero-order valence-corrected chi connectivity index (χ0v) is 86.3. The Bertz CT molecular complexity index is 9490. The van der Waals surface area contributed by atoms with E-state index in [0.717, 1.165) is 169 Å². The molecule has 149 heavy (non-hydrogen) atoms. The molecule has 762 valence electrons. The zero-order valence-electron chi connectivity index (χ0n) is 86.3. The third kappa shape index (κ3) is 17.9. The van der Waals surface area contributed by atoms with Crippen molar-refractivity contribution >= 4 is 136 Å². The Morgan fingerprint density at radius 2 is 0.517 bits per heavy atom. The maximum atomic E-state index is 11.9. The number of aromatic hydroxyl groups is 6. The molecule has 36 heteroatoms. The summed E-state index contributed by atoms with van der Waals surface area (Å²) in [6.07, 6.45) is 0.908. The van der Waals surface area contributed by atoms with Gasteiger partial charge in [-0.3, -0.25) is 28.8 Å². The van der Waals surface area contributed by atoms with Crippen LogP contribution in [0.5, 0.6) is 34.5 Å². The molecule has 12 aromatic heterocycles. The molecule has 0 spiro atoms. The Balaban J connectivity index is 0.000000113. The van der Waals surface area contributed by atoms with E-state index in [-0.39, 0.29) is 80.4 Å². The molecule has 36 nitrogen and oxygen atoms in total. The van der Waals surface area contributed by atoms with Crippen molar-refractivity contribution in [2.75, 3.05) is 31.9 Å². The summed E-state index contributed by atoms with van der Waals surface area (Å²) in [6.45, 7) is 59.3. The number of phenolic OH excluding ortho intramolecular Hbond substituents is 6. The van der Waals surface area contributed by atoms with Crippen molar-refractivity contribution in [1.29, 1.82) is 0 Å². The number of carbonyl (C=O) groups excluding carboxylic acids is 6. The standard InChI is InChI=1S/C24H30N4O2.C20H22N4O2.2C18H18N4O2.C17H16N4O2.C16H14N4O2/c1-14(2)22(30)25-16-9-10-18-19(13-16)27-26(18)28(27)20-12-15(23(3,4)5)11-17(21(20)29)24(6,7)8;1-12(2)19(26)21-14-7-8-15-16(11-14)23-22(15)24(23)17-10-13(20(3,4)5)6-9-18(17)25;1-10(2)18(24)19-13-5-6-14-15(9-13)21-20(14)22(21)16-7-11(3)12(4)8-17(16)23;1-4-12-5-8-17(23)16(9-12)22-20-14-7-6-13(10-15(14)21(20)22)19-18(24)11(2)3;1-10(2)17(23)18-12-5-6-13-14(9-12)20-19(13)21(20)15-8-11(3)4-7-16(15)22;1-10(2)16(22)17-11-7-8-12-14(9-11)20-18(12)19(20)13-5-3-4-6-15(13)21/h9-13,29H,1H2,2-8H3,(H,25,30);6-11,25H,1H2,2-5H3,(H,21,26);5-9,23H,1H2,2-4H3,(H,19,24);5-10,23H,2,4H2,1,3H3,(H,19,24);4-9,22H,1H2,2-3H3,(H,18,23);3-9,21H,1H2,2H3,(H,17,22). The van der Waals surface area contributed by atoms with E-state index in [2.05, 4.69) is 153 Å². The smallest absolute Gasteiger partial charge is 0.250 e. The average molecular weight is 2000 g/mol. The van der Waals surface area contributed by atoms with E-state index in [1.165, 1.54) is 5.56 Å². The quantitative estimate of drug-likeness (QED) is 0.0336. The molecule has 0 radical (unpaired) electrons. The number of benzene rings is 12. The van der Waals surface area contributed by atoms with Crippen molar-refractivity contribution in [3.8, 4) is 68.6 Å². The number of fused-ring (bicyclic) bond motifs is 24. The van der Waals surface area contributed by atoms with Gasteiger partial charge in [0.05, 0.1) is 0 Å². The van der Waals surface area contributed by atoms with E-state index in [4.69, 9.17) is 0 Å². The normalized spacial score (nSPS) is 12.0. The topological polar surface area (TPSA) is 378 Å². The molecule has 0 atom stereocenters. The van der Waals surface area contributed by atoms with Gasteiger partial charge < -0.3 is 62.5 Å². The van der Waals surface area contributed by atoms with E-state index < -0.39 is 0 Å². The molecule has 0 bridgehead atoms. The first kappa shape index (κ1) is 98.9. The molecule has 12 N–H and O–H groups in total. The van der Waals surface area contributed by atoms with Crippen molar-refractivity contribution in [2.24, 2.45) is 0 Å². The summed E-state index contributed by atoms with van der Waals surface area (Å²) in [7, 11) is 0. The Hall–Kier alpha value is -18.9. The first-order valence-corrected chi connectivity index (χ1v) is 48.4. The first-order valence-electron chi connectivity index (χ1n) is 48.4. The number of aromatic nitrogens is 18. The van der Waals surface area contributed by atoms with Crippen LogP contribution < -0.4 is 31.9 Å². The van der Waals surface area contributed by atoms with Gasteiger partial charge in [-0.1, -0.05) is 145 Å². The van der Waals surface area contributed by atoms with Gasteiger partial charge in [0.15, 0.2) is 0 Å². The highest BCUT2D eigenvalue weighted by Gasteiger charge is 2.36. The van der Waals surface area contributed by atoms with Crippen molar-refractivity contribution < 1.29 is 59.4 Å². The number of amides is 6. The van der Waals surface area contributed by atoms with Gasteiger partial charge in [-0.25, -0.2) is 0 Å². The molecule has 0 saturated carbocycles. The highest BCUT2D eigenvalue weighted by molar-refractivity contribution is 6.08. The fourth-order valence-corrected chi connectivity index (χ4v) is 17.4. The van der Waals surface area contributed by atoms with Crippen LogP contribution in [0.1, 0.15) is 150 Å². The van der Waals surface area contributed by atoms with E-state index in [0.29, 0.717) is 44.9 Å². The maximum Gasteiger partial charge on any atom is 0.250 e. The lowest BCUT2D eigenvalue weighted by Gasteiger charge is -2.26. The van der Waals surface area contributed by atoms with Gasteiger partial charge in [0.25, 0.3) is 35.4 Å². The number of hydrogen-bond donors (Lipinski definition) is 12. The third-order valence-electron chi connectivity index (χ3n) is 26.3. The minimum atomic E-state index is -0.195. The number of aryl methyl sites for hydroxylation is 4. The molecule has 0 unspecified atom stereocenters. The lowest BCUT2D eigenvalue weighted by atomic mass is 9.80. The summed E-state index contributed by atoms with van der Waals surface area (Å²) >= 11 is 0. The molecular formula is C113H118N24O12. The molecule has 0 saturated heterocycles. The highest BCUT2D eigenvalue weighted by atomic mass is 16.3. The van der Waals surface area contributed by atoms with Gasteiger partial charge >= 0.3 is 0 Å². The third-order valence-corrected chi connectivity index (χ3v) is 26.3. The number of carbonyl (C=O) groups is 6. The summed E-state index contributed by atoms with van der Waals surface area (Å²) in [4.78, 5) is 82.0. The first-order chi connectivity index (χ1) is 70.4. The van der Waals surface area contributed by atoms with E-state index in [9.17, 15) is 59.4 Å². The van der Waals surface area contributed by atoms with Crippen molar-refractivity contribution in [3.63, 3.8) is 0 Å². The number of nitrogens with zero attached hydrogens (tertiary/aromatic N) is 18. The number of rotatable bonds is 19. The lowest BCUT2D eigenvalue weighted by Crippen LogP contribution is -2.17. The molecule has 12 heterocycles. The fraction of sp³-hybridized carbons (Fsp3) is 0.204. The fourth-order valence-electron chi connectivity index (χ4n) is 17.4. The molecule has 24 rings (SSSR count). The van der Waals surface area contributed by atoms with Gasteiger partial charge in [0.1, 0.15) is 135 Å². The zero-order chi connectivity index (χ0) is 107. The SMILES string of the molecule is C=C(C)C(=O)Nc1ccc2c(c1)n1n(-c3cc(C(C)(C)C)cc(C(C)(C)C)c3O)n21.C=C(C)C(=O)Nc1ccc2c(c1)n1n(-c3cc(C(C)(C)C)ccc3O)n21.C=C(C)C(=O)Nc1ccc2c(c1)n1n(-c3cc(C)c(C)cc3O)n21.C=C(C)C(=O)Nc1ccc2c(c1)n1n(-c3cc(C)ccc3O)n21.C=C(C)C(=O)Nc1ccc2c(c1)n1n(-c3cc(CC)ccc3O)n21.C=C(C)C(=O)Nc1ccc2c(c1)n1n(-c3ccccc3O)n21. The van der Waals surface area contributed by atoms with Crippen LogP contribution in [0.15, 0.2) is 285 Å². The number of anilines is 6. The summed E-state index contributed by atoms with van der Waals surface area (Å²) in [5, 5.41) is 78.8. The molecular weight excluding hydrogens is 1890 g/mol. The Morgan fingerprint density at radius 1 is 0.255 bits per heavy atom. The number of phenols is 6. The molecule has 0 aliphatic rings. The Morgan fingerprint density at radius 3 is 0.826 bits per heavy atom. The van der Waals surface area contributed by atoms with Crippen LogP contribution in [0.3, 0.4) is 0 Å². The van der Waals surface area contributed by atoms with Crippen molar-refractivity contribution in [1.82, 2.24) is 84.3 Å². The van der Waals surface area contributed by atoms with Crippen LogP contribution in [0.25, 0.3) is 100 Å². The van der Waals surface area contributed by atoms with Gasteiger partial charge in [-0.15, -0.1) is 84.3 Å². The second kappa shape index (κ2) is 36.1. The van der Waals surface area contributed by atoms with Crippen LogP contribution in [-0.2, 0) is 51.4 Å².